The van der Waals surface area contributed by atoms with Gasteiger partial charge >= 0.3 is 30.7 Å². The number of allylic oxidation sites excluding steroid dienone is 1. The van der Waals surface area contributed by atoms with Gasteiger partial charge in [-0.05, 0) is 180 Å². The van der Waals surface area contributed by atoms with Crippen LogP contribution in [0, 0.1) is 29.9 Å². The molecule has 0 aliphatic heterocycles. The number of nitrogens with one attached hydrogen (secondary N) is 1. The first-order valence-corrected chi connectivity index (χ1v) is 44.2. The van der Waals surface area contributed by atoms with E-state index >= 15 is 0 Å². The normalized spacial score (nSPS) is 11.5. The van der Waals surface area contributed by atoms with Crippen molar-refractivity contribution < 1.29 is 60.5 Å². The number of hydrogen-bond donors (Lipinski definition) is 2. The summed E-state index contributed by atoms with van der Waals surface area (Å²) in [6.45, 7) is 0. The standard InChI is InChI=1S/C25H15NO2S.C13H8O2.C12H9NOS.C11H9NS.C10H7NO2S.C10H7NS.C6H4INO2.C6H5.C4H4BO2S.BrH.Mg/c1-26-22-9-5-4-8-17(22)20-12-16(29-25(20)26)13-21-23(27)18-10-14-6-2-3-7-15(14)11-19(18)24(21)28;14-12-7-13(15)11-6-9-4-2-1-3-8(9)5-10(11)12;1-13-11-5-3-2-4-9(11)10-6-8(7-14)15-12(10)13;1-12-10-5-3-2-4-8(10)9-6-7-13-11(9)12;12-11(13)10-4-2-1-3-9(10)8-5-6-14-7-8;1-2-4-9-7(3-1)8-5-6-12-10(8)11-9;7-5-3-1-2-4-6(5)8(9)10;1-2-4-6-5-3-1;6-5-7-4-1-2-8-3-4;;/h2-13H,1H3;1-6H,7H2;2-7H,1H3;2-7H,1H3;1-7H;1-6,11H;1-4H;1-5H;1-3,6H;1H;/q;;;;;;;-1;;;+2/p-1. The van der Waals surface area contributed by atoms with Crippen molar-refractivity contribution in [3.8, 4) is 16.9 Å². The zero-order valence-corrected chi connectivity index (χ0v) is 76.3. The second kappa shape index (κ2) is 41.5. The number of carbonyl (C=O) groups excluding carboxylic acids is 5. The van der Waals surface area contributed by atoms with E-state index in [1.165, 1.54) is 109 Å². The molecule has 23 rings (SSSR count). The number of aromatic amines is 1. The number of thiophene rings is 6. The molecular weight excluding hydrogens is 1860 g/mol. The van der Waals surface area contributed by atoms with Crippen LogP contribution in [0.2, 0.25) is 0 Å². The monoisotopic (exact) mass is 1930 g/mol. The van der Waals surface area contributed by atoms with Crippen LogP contribution in [-0.4, -0.2) is 93.7 Å². The van der Waals surface area contributed by atoms with Gasteiger partial charge in [0.15, 0.2) is 29.4 Å². The summed E-state index contributed by atoms with van der Waals surface area (Å²) in [6, 6.07) is 94.3. The first-order chi connectivity index (χ1) is 59.4. The largest absolute Gasteiger partial charge is 2.00 e. The number of benzene rings is 11. The molecule has 17 nitrogen and oxygen atoms in total. The maximum Gasteiger partial charge on any atom is 2.00 e. The molecule has 27 heteroatoms. The Labute approximate surface area is 775 Å². The topological polar surface area (TPSA) is 232 Å². The summed E-state index contributed by atoms with van der Waals surface area (Å²) >= 11 is 11.7. The third-order valence-corrected chi connectivity index (χ3v) is 26.5. The Balaban J connectivity index is 0.000000124. The Morgan fingerprint density at radius 2 is 0.927 bits per heavy atom. The number of Topliss-reactive ketones (excluding diaryl/α,β-unsaturated/α-hetero) is 4. The number of halogens is 2. The predicted molar refractivity (Wildman–Crippen MR) is 518 cm³/mol. The van der Waals surface area contributed by atoms with E-state index in [-0.39, 0.29) is 96.4 Å². The summed E-state index contributed by atoms with van der Waals surface area (Å²) in [4.78, 5) is 90.0. The van der Waals surface area contributed by atoms with E-state index in [1.807, 2.05) is 192 Å². The molecule has 0 fully saturated rings. The van der Waals surface area contributed by atoms with E-state index in [1.54, 1.807) is 99.3 Å². The van der Waals surface area contributed by atoms with Crippen LogP contribution >= 0.6 is 90.6 Å². The van der Waals surface area contributed by atoms with Gasteiger partial charge in [-0.15, -0.1) is 56.7 Å². The van der Waals surface area contributed by atoms with Crippen LogP contribution < -0.4 is 21.6 Å². The molecule has 2 aliphatic carbocycles. The number of nitro benzene ring substituents is 2. The third-order valence-electron chi connectivity index (χ3n) is 20.2. The average molecular weight is 1930 g/mol. The van der Waals surface area contributed by atoms with Crippen molar-refractivity contribution in [3.05, 3.63) is 385 Å². The van der Waals surface area contributed by atoms with Crippen molar-refractivity contribution in [1.82, 2.24) is 18.7 Å². The minimum Gasteiger partial charge on any atom is -1.00 e. The number of fused-ring (bicyclic) bond motifs is 16. The maximum absolute atomic E-state index is 13.0. The summed E-state index contributed by atoms with van der Waals surface area (Å²) in [7, 11) is 6.88. The van der Waals surface area contributed by atoms with Crippen molar-refractivity contribution in [3.63, 3.8) is 0 Å². The van der Waals surface area contributed by atoms with E-state index < -0.39 is 0 Å². The molecule has 1 radical (unpaired) electrons. The van der Waals surface area contributed by atoms with Crippen molar-refractivity contribution in [2.45, 2.75) is 6.42 Å². The zero-order valence-electron chi connectivity index (χ0n) is 66.2. The second-order valence-electron chi connectivity index (χ2n) is 27.5. The molecule has 0 saturated carbocycles. The van der Waals surface area contributed by atoms with Gasteiger partial charge in [0.1, 0.15) is 25.1 Å². The molecule has 21 aromatic rings. The van der Waals surface area contributed by atoms with E-state index in [0.29, 0.717) is 44.8 Å². The number of nitro groups is 2. The SMILES string of the molecule is Cn1c2ccccc2c2cc(C=C3C(=O)c4cc5ccccc5cc4C3=O)sc21.Cn1c2ccccc2c2cc(C=O)sc21.Cn1c2ccccc2c2ccsc21.O=C1CC(=O)c2cc3ccccc3cc21.O=[N+]([O-])c1ccccc1-c1ccsc1.O=[N+]([O-])c1ccccc1I.O[B]Oc1ccsc1.[Br-].[Mg+2].[c-]1ccccc1.c1ccc2c(c1)[nH]c1sccc12. The molecule has 10 heterocycles. The summed E-state index contributed by atoms with van der Waals surface area (Å²) in [5.41, 5.74) is 9.30. The molecule has 124 heavy (non-hydrogen) atoms. The fourth-order valence-electron chi connectivity index (χ4n) is 14.4. The smallest absolute Gasteiger partial charge is 1.00 e. The number of hydrogen-bond acceptors (Lipinski definition) is 17. The molecule has 0 amide bonds. The van der Waals surface area contributed by atoms with Crippen LogP contribution in [0.1, 0.15) is 62.4 Å². The maximum atomic E-state index is 13.0. The first kappa shape index (κ1) is 89.8. The van der Waals surface area contributed by atoms with Crippen LogP contribution in [0.15, 0.2) is 323 Å². The van der Waals surface area contributed by atoms with Gasteiger partial charge in [0.25, 0.3) is 11.4 Å². The van der Waals surface area contributed by atoms with Gasteiger partial charge in [0.2, 0.25) is 0 Å². The van der Waals surface area contributed by atoms with Crippen LogP contribution in [0.4, 0.5) is 11.4 Å². The number of nitrogens with zero attached hydrogens (tertiary/aromatic N) is 5. The molecule has 0 bridgehead atoms. The Morgan fingerprint density at radius 1 is 0.468 bits per heavy atom. The summed E-state index contributed by atoms with van der Waals surface area (Å²) in [6.07, 6.45) is 2.71. The van der Waals surface area contributed by atoms with Gasteiger partial charge in [0, 0.05) is 131 Å². The molecule has 607 valence electrons. The summed E-state index contributed by atoms with van der Waals surface area (Å²) in [5.74, 6) is 0.204. The molecule has 0 spiro atoms. The van der Waals surface area contributed by atoms with Gasteiger partial charge in [-0.3, -0.25) is 44.2 Å². The predicted octanol–water partition coefficient (Wildman–Crippen LogP) is 22.9. The molecule has 2 aliphatic rings. The van der Waals surface area contributed by atoms with Crippen molar-refractivity contribution in [1.29, 1.82) is 0 Å². The quantitative estimate of drug-likeness (QED) is 0.0175. The van der Waals surface area contributed by atoms with Gasteiger partial charge in [-0.2, -0.15) is 47.7 Å². The van der Waals surface area contributed by atoms with E-state index in [2.05, 4.69) is 138 Å². The molecule has 2 N–H and O–H groups in total. The number of ketones is 4. The molecule has 10 aromatic heterocycles. The number of rotatable bonds is 7. The molecule has 11 aromatic carbocycles. The summed E-state index contributed by atoms with van der Waals surface area (Å²) < 4.78 is 11.8. The Morgan fingerprint density at radius 3 is 1.43 bits per heavy atom. The number of carbonyl (C=O) groups is 5. The van der Waals surface area contributed by atoms with Gasteiger partial charge < -0.3 is 45.3 Å². The summed E-state index contributed by atoms with van der Waals surface area (Å²) in [5, 5.41) is 54.9. The molecular formula is C97H68BBrIMgN6O11S6. The first-order valence-electron chi connectivity index (χ1n) is 37.8. The average Bonchev–Trinajstić information content (AvgIpc) is 1.51. The fraction of sp³-hybridized carbons (Fsp3) is 0.0412. The van der Waals surface area contributed by atoms with E-state index in [4.69, 9.17) is 5.02 Å². The molecule has 0 saturated heterocycles. The number of aryl methyl sites for hydroxylation is 3. The molecule has 0 unspecified atom stereocenters. The Kier molecular flexibility index (Phi) is 30.0. The van der Waals surface area contributed by atoms with Crippen LogP contribution in [0.25, 0.3) is 123 Å². The van der Waals surface area contributed by atoms with Gasteiger partial charge in [-0.1, -0.05) is 146 Å². The van der Waals surface area contributed by atoms with Gasteiger partial charge in [0.05, 0.1) is 35.9 Å². The third kappa shape index (κ3) is 19.8. The fourth-order valence-corrected chi connectivity index (χ4v) is 20.0. The van der Waals surface area contributed by atoms with E-state index in [0.717, 1.165) is 53.4 Å². The van der Waals surface area contributed by atoms with Crippen LogP contribution in [-0.2, 0) is 21.1 Å². The van der Waals surface area contributed by atoms with E-state index in [9.17, 15) is 44.2 Å². The number of aldehydes is 1. The van der Waals surface area contributed by atoms with Crippen molar-refractivity contribution in [2.75, 3.05) is 0 Å². The minimum absolute atomic E-state index is 0. The Hall–Kier alpha value is -12.0. The minimum atomic E-state index is -0.387. The van der Waals surface area contributed by atoms with Crippen molar-refractivity contribution >= 4 is 274 Å². The second-order valence-corrected chi connectivity index (χ2v) is 34.2. The number of H-pyrrole nitrogens is 1. The Bertz CT molecular complexity index is 7360. The molecule has 0 atom stereocenters. The van der Waals surface area contributed by atoms with Crippen LogP contribution in [0.3, 0.4) is 0 Å². The number of aromatic nitrogens is 4. The zero-order chi connectivity index (χ0) is 84.9. The van der Waals surface area contributed by atoms with Crippen LogP contribution in [0.5, 0.6) is 5.75 Å². The number of para-hydroxylation sites is 6. The van der Waals surface area contributed by atoms with Gasteiger partial charge in [-0.25, -0.2) is 0 Å². The van der Waals surface area contributed by atoms with Crippen molar-refractivity contribution in [2.24, 2.45) is 21.1 Å².